The van der Waals surface area contributed by atoms with E-state index in [1.165, 1.54) is 15.6 Å². The van der Waals surface area contributed by atoms with Gasteiger partial charge < -0.3 is 5.73 Å². The maximum absolute atomic E-state index is 12.6. The summed E-state index contributed by atoms with van der Waals surface area (Å²) in [6, 6.07) is 6.97. The molecule has 4 nitrogen and oxygen atoms in total. The minimum atomic E-state index is -3.55. The van der Waals surface area contributed by atoms with Crippen LogP contribution >= 0.6 is 43.2 Å². The Morgan fingerprint density at radius 1 is 1.29 bits per heavy atom. The lowest BCUT2D eigenvalue weighted by Gasteiger charge is -2.17. The Morgan fingerprint density at radius 2 is 2.00 bits per heavy atom. The van der Waals surface area contributed by atoms with Crippen molar-refractivity contribution in [3.63, 3.8) is 0 Å². The standard InChI is InChI=1S/C13H14Br2N2O2S2/c1-17(7-11-5-10(14)8-20-11)21(18,19)13-3-2-9(6-16)4-12(13)15/h2-5,8H,6-7,16H2,1H3. The van der Waals surface area contributed by atoms with Gasteiger partial charge in [0.2, 0.25) is 10.0 Å². The molecule has 0 radical (unpaired) electrons. The van der Waals surface area contributed by atoms with E-state index in [1.807, 2.05) is 11.4 Å². The Kier molecular flexibility index (Phi) is 5.61. The SMILES string of the molecule is CN(Cc1cc(Br)cs1)S(=O)(=O)c1ccc(CN)cc1Br. The van der Waals surface area contributed by atoms with Crippen LogP contribution in [-0.2, 0) is 23.1 Å². The number of sulfonamides is 1. The lowest BCUT2D eigenvalue weighted by Crippen LogP contribution is -2.26. The van der Waals surface area contributed by atoms with Crippen molar-refractivity contribution in [1.82, 2.24) is 4.31 Å². The van der Waals surface area contributed by atoms with E-state index in [9.17, 15) is 8.42 Å². The maximum Gasteiger partial charge on any atom is 0.244 e. The summed E-state index contributed by atoms with van der Waals surface area (Å²) in [6.07, 6.45) is 0. The van der Waals surface area contributed by atoms with Crippen LogP contribution in [0, 0.1) is 0 Å². The predicted molar refractivity (Wildman–Crippen MR) is 92.7 cm³/mol. The summed E-state index contributed by atoms with van der Waals surface area (Å²) in [5.74, 6) is 0. The lowest BCUT2D eigenvalue weighted by molar-refractivity contribution is 0.469. The van der Waals surface area contributed by atoms with Gasteiger partial charge in [-0.25, -0.2) is 8.42 Å². The Balaban J connectivity index is 2.28. The largest absolute Gasteiger partial charge is 0.326 e. The number of nitrogens with zero attached hydrogens (tertiary/aromatic N) is 1. The molecule has 0 aliphatic heterocycles. The minimum absolute atomic E-state index is 0.248. The Bertz CT molecular complexity index is 744. The third-order valence-electron chi connectivity index (χ3n) is 2.92. The molecule has 2 N–H and O–H groups in total. The number of nitrogens with two attached hydrogens (primary N) is 1. The highest BCUT2D eigenvalue weighted by Crippen LogP contribution is 2.28. The van der Waals surface area contributed by atoms with Crippen molar-refractivity contribution in [2.24, 2.45) is 5.73 Å². The van der Waals surface area contributed by atoms with Crippen molar-refractivity contribution in [1.29, 1.82) is 0 Å². The van der Waals surface area contributed by atoms with E-state index >= 15 is 0 Å². The van der Waals surface area contributed by atoms with Crippen LogP contribution < -0.4 is 5.73 Å². The highest BCUT2D eigenvalue weighted by molar-refractivity contribution is 9.10. The smallest absolute Gasteiger partial charge is 0.244 e. The van der Waals surface area contributed by atoms with Crippen molar-refractivity contribution in [2.45, 2.75) is 18.0 Å². The van der Waals surface area contributed by atoms with Gasteiger partial charge in [-0.2, -0.15) is 4.31 Å². The van der Waals surface area contributed by atoms with Crippen LogP contribution in [0.25, 0.3) is 0 Å². The van der Waals surface area contributed by atoms with E-state index in [2.05, 4.69) is 31.9 Å². The van der Waals surface area contributed by atoms with Crippen LogP contribution in [0.3, 0.4) is 0 Å². The highest BCUT2D eigenvalue weighted by atomic mass is 79.9. The summed E-state index contributed by atoms with van der Waals surface area (Å²) >= 11 is 8.20. The van der Waals surface area contributed by atoms with Crippen molar-refractivity contribution in [3.8, 4) is 0 Å². The van der Waals surface area contributed by atoms with Crippen molar-refractivity contribution in [3.05, 3.63) is 49.0 Å². The van der Waals surface area contributed by atoms with Gasteiger partial charge in [-0.3, -0.25) is 0 Å². The summed E-state index contributed by atoms with van der Waals surface area (Å²) in [6.45, 7) is 0.710. The molecular weight excluding hydrogens is 440 g/mol. The first-order chi connectivity index (χ1) is 9.84. The second kappa shape index (κ2) is 6.89. The summed E-state index contributed by atoms with van der Waals surface area (Å²) in [5, 5.41) is 1.93. The third kappa shape index (κ3) is 3.94. The fourth-order valence-corrected chi connectivity index (χ4v) is 5.60. The molecule has 0 amide bonds. The quantitative estimate of drug-likeness (QED) is 0.752. The van der Waals surface area contributed by atoms with E-state index in [1.54, 1.807) is 25.2 Å². The normalized spacial score (nSPS) is 12.0. The molecule has 2 rings (SSSR count). The van der Waals surface area contributed by atoms with E-state index in [4.69, 9.17) is 5.73 Å². The van der Waals surface area contributed by atoms with Gasteiger partial charge in [0.05, 0.1) is 4.90 Å². The molecule has 0 spiro atoms. The number of halogens is 2. The van der Waals surface area contributed by atoms with Gasteiger partial charge in [-0.15, -0.1) is 11.3 Å². The number of hydrogen-bond acceptors (Lipinski definition) is 4. The van der Waals surface area contributed by atoms with Crippen LogP contribution in [0.2, 0.25) is 0 Å². The summed E-state index contributed by atoms with van der Waals surface area (Å²) < 4.78 is 28.1. The molecule has 0 saturated heterocycles. The highest BCUT2D eigenvalue weighted by Gasteiger charge is 2.24. The van der Waals surface area contributed by atoms with Crippen LogP contribution in [0.1, 0.15) is 10.4 Å². The predicted octanol–water partition coefficient (Wildman–Crippen LogP) is 3.55. The first-order valence-corrected chi connectivity index (χ1v) is 9.93. The molecule has 0 aliphatic rings. The lowest BCUT2D eigenvalue weighted by atomic mass is 10.2. The second-order valence-electron chi connectivity index (χ2n) is 4.46. The molecule has 8 heteroatoms. The van der Waals surface area contributed by atoms with Crippen LogP contribution in [-0.4, -0.2) is 19.8 Å². The molecule has 0 fully saturated rings. The van der Waals surface area contributed by atoms with E-state index in [0.29, 0.717) is 17.6 Å². The number of rotatable bonds is 5. The molecular formula is C13H14Br2N2O2S2. The summed E-state index contributed by atoms with van der Waals surface area (Å²) in [5.41, 5.74) is 6.44. The van der Waals surface area contributed by atoms with Gasteiger partial charge in [0.25, 0.3) is 0 Å². The molecule has 1 heterocycles. The van der Waals surface area contributed by atoms with Crippen molar-refractivity contribution < 1.29 is 8.42 Å². The van der Waals surface area contributed by atoms with Gasteiger partial charge in [-0.1, -0.05) is 6.07 Å². The van der Waals surface area contributed by atoms with Crippen LogP contribution in [0.5, 0.6) is 0 Å². The number of hydrogen-bond donors (Lipinski definition) is 1. The van der Waals surface area contributed by atoms with Gasteiger partial charge in [0.1, 0.15) is 0 Å². The van der Waals surface area contributed by atoms with Crippen molar-refractivity contribution in [2.75, 3.05) is 7.05 Å². The fourth-order valence-electron chi connectivity index (χ4n) is 1.79. The molecule has 0 saturated carbocycles. The van der Waals surface area contributed by atoms with Crippen LogP contribution in [0.4, 0.5) is 0 Å². The van der Waals surface area contributed by atoms with E-state index < -0.39 is 10.0 Å². The Morgan fingerprint density at radius 3 is 2.52 bits per heavy atom. The first-order valence-electron chi connectivity index (χ1n) is 6.02. The molecule has 0 unspecified atom stereocenters. The number of thiophene rings is 1. The third-order valence-corrected chi connectivity index (χ3v) is 7.38. The molecule has 114 valence electrons. The average molecular weight is 454 g/mol. The topological polar surface area (TPSA) is 63.4 Å². The Labute approximate surface area is 145 Å². The number of benzene rings is 1. The van der Waals surface area contributed by atoms with Gasteiger partial charge in [0.15, 0.2) is 0 Å². The maximum atomic E-state index is 12.6. The van der Waals surface area contributed by atoms with E-state index in [0.717, 1.165) is 14.9 Å². The molecule has 0 bridgehead atoms. The summed E-state index contributed by atoms with van der Waals surface area (Å²) in [4.78, 5) is 1.22. The van der Waals surface area contributed by atoms with E-state index in [-0.39, 0.29) is 4.90 Å². The molecule has 0 atom stereocenters. The zero-order valence-electron chi connectivity index (χ0n) is 11.2. The molecule has 1 aromatic carbocycles. The van der Waals surface area contributed by atoms with Gasteiger partial charge in [-0.05, 0) is 55.6 Å². The molecule has 21 heavy (non-hydrogen) atoms. The minimum Gasteiger partial charge on any atom is -0.326 e. The van der Waals surface area contributed by atoms with Gasteiger partial charge in [0, 0.05) is 39.3 Å². The average Bonchev–Trinajstić information content (AvgIpc) is 2.83. The Hall–Kier alpha value is -0.250. The zero-order chi connectivity index (χ0) is 15.6. The monoisotopic (exact) mass is 452 g/mol. The van der Waals surface area contributed by atoms with Gasteiger partial charge >= 0.3 is 0 Å². The second-order valence-corrected chi connectivity index (χ2v) is 9.24. The molecule has 1 aromatic heterocycles. The molecule has 0 aliphatic carbocycles. The van der Waals surface area contributed by atoms with Crippen LogP contribution in [0.15, 0.2) is 43.5 Å². The first kappa shape index (κ1) is 17.1. The van der Waals surface area contributed by atoms with Crippen molar-refractivity contribution >= 4 is 53.2 Å². The summed E-state index contributed by atoms with van der Waals surface area (Å²) in [7, 11) is -1.97. The molecule has 2 aromatic rings. The zero-order valence-corrected chi connectivity index (χ0v) is 16.0. The fraction of sp³-hybridized carbons (Fsp3) is 0.231.